The molecule has 9 nitrogen and oxygen atoms in total. The minimum Gasteiger partial charge on any atom is -0.493 e. The average Bonchev–Trinajstić information content (AvgIpc) is 3.31. The monoisotopic (exact) mass is 455 g/mol. The molecule has 2 aliphatic heterocycles. The van der Waals surface area contributed by atoms with Crippen molar-refractivity contribution in [2.24, 2.45) is 0 Å². The summed E-state index contributed by atoms with van der Waals surface area (Å²) in [6.07, 6.45) is 0.284. The first-order chi connectivity index (χ1) is 15.8. The SMILES string of the molecule is COc1cc2c(cc1OC)/C(=C\c1ccc(N3CC(CNC(C)=O)OC3=O)cc1F)C(=O)N2. The van der Waals surface area contributed by atoms with Crippen LogP contribution in [0.25, 0.3) is 11.6 Å². The molecule has 4 rings (SSSR count). The lowest BCUT2D eigenvalue weighted by molar-refractivity contribution is -0.119. The van der Waals surface area contributed by atoms with E-state index in [4.69, 9.17) is 14.2 Å². The van der Waals surface area contributed by atoms with E-state index in [1.54, 1.807) is 18.2 Å². The van der Waals surface area contributed by atoms with Crippen LogP contribution in [-0.2, 0) is 14.3 Å². The van der Waals surface area contributed by atoms with E-state index >= 15 is 0 Å². The van der Waals surface area contributed by atoms with Gasteiger partial charge in [-0.2, -0.15) is 0 Å². The first-order valence-corrected chi connectivity index (χ1v) is 10.1. The van der Waals surface area contributed by atoms with Gasteiger partial charge in [-0.25, -0.2) is 9.18 Å². The number of halogens is 1. The van der Waals surface area contributed by atoms with Crippen LogP contribution in [0.4, 0.5) is 20.6 Å². The normalized spacial score (nSPS) is 18.1. The second kappa shape index (κ2) is 8.81. The zero-order valence-electron chi connectivity index (χ0n) is 18.2. The van der Waals surface area contributed by atoms with Gasteiger partial charge in [0.15, 0.2) is 11.5 Å². The number of methoxy groups -OCH3 is 2. The Morgan fingerprint density at radius 1 is 1.24 bits per heavy atom. The third-order valence-corrected chi connectivity index (χ3v) is 5.36. The zero-order valence-corrected chi connectivity index (χ0v) is 18.2. The number of anilines is 2. The number of hydrogen-bond donors (Lipinski definition) is 2. The zero-order chi connectivity index (χ0) is 23.7. The lowest BCUT2D eigenvalue weighted by atomic mass is 10.0. The van der Waals surface area contributed by atoms with Gasteiger partial charge in [-0.05, 0) is 30.3 Å². The van der Waals surface area contributed by atoms with E-state index in [9.17, 15) is 18.8 Å². The molecule has 2 aromatic carbocycles. The largest absolute Gasteiger partial charge is 0.493 e. The number of amides is 3. The van der Waals surface area contributed by atoms with Crippen molar-refractivity contribution in [3.05, 3.63) is 47.3 Å². The highest BCUT2D eigenvalue weighted by Crippen LogP contribution is 2.41. The van der Waals surface area contributed by atoms with Crippen molar-refractivity contribution in [3.63, 3.8) is 0 Å². The molecule has 33 heavy (non-hydrogen) atoms. The van der Waals surface area contributed by atoms with Crippen LogP contribution in [0.2, 0.25) is 0 Å². The van der Waals surface area contributed by atoms with Crippen LogP contribution >= 0.6 is 0 Å². The van der Waals surface area contributed by atoms with Gasteiger partial charge in [0.1, 0.15) is 11.9 Å². The number of ether oxygens (including phenoxy) is 3. The number of hydrogen-bond acceptors (Lipinski definition) is 6. The molecule has 1 fully saturated rings. The van der Waals surface area contributed by atoms with Crippen LogP contribution in [0.15, 0.2) is 30.3 Å². The maximum atomic E-state index is 14.9. The van der Waals surface area contributed by atoms with E-state index in [2.05, 4.69) is 10.6 Å². The predicted octanol–water partition coefficient (Wildman–Crippen LogP) is 2.80. The van der Waals surface area contributed by atoms with Crippen LogP contribution in [-0.4, -0.2) is 51.3 Å². The number of carbonyl (C=O) groups excluding carboxylic acids is 3. The molecule has 2 aliphatic rings. The van der Waals surface area contributed by atoms with E-state index in [-0.39, 0.29) is 36.0 Å². The van der Waals surface area contributed by atoms with Gasteiger partial charge in [0, 0.05) is 29.7 Å². The molecule has 0 saturated carbocycles. The number of nitrogens with zero attached hydrogens (tertiary/aromatic N) is 1. The van der Waals surface area contributed by atoms with Crippen LogP contribution in [0.3, 0.4) is 0 Å². The van der Waals surface area contributed by atoms with Gasteiger partial charge in [0.25, 0.3) is 5.91 Å². The molecule has 2 N–H and O–H groups in total. The molecule has 10 heteroatoms. The van der Waals surface area contributed by atoms with E-state index < -0.39 is 18.0 Å². The molecule has 0 bridgehead atoms. The van der Waals surface area contributed by atoms with Crippen molar-refractivity contribution in [2.75, 3.05) is 37.5 Å². The molecule has 3 amide bonds. The van der Waals surface area contributed by atoms with Gasteiger partial charge in [-0.1, -0.05) is 0 Å². The summed E-state index contributed by atoms with van der Waals surface area (Å²) in [6, 6.07) is 7.55. The standard InChI is InChI=1S/C23H22FN3O6/c1-12(28)25-10-15-11-27(23(30)33-15)14-5-4-13(18(24)7-14)6-17-16-8-20(31-2)21(32-3)9-19(16)26-22(17)29/h4-9,15H,10-11H2,1-3H3,(H,25,28)(H,26,29)/b17-6+. The lowest BCUT2D eigenvalue weighted by Crippen LogP contribution is -2.33. The average molecular weight is 455 g/mol. The first-order valence-electron chi connectivity index (χ1n) is 10.1. The van der Waals surface area contributed by atoms with Crippen molar-refractivity contribution >= 4 is 40.9 Å². The number of carbonyl (C=O) groups is 3. The number of rotatable bonds is 6. The molecular formula is C23H22FN3O6. The lowest BCUT2D eigenvalue weighted by Gasteiger charge is -2.14. The molecule has 1 saturated heterocycles. The van der Waals surface area contributed by atoms with Crippen molar-refractivity contribution in [1.29, 1.82) is 0 Å². The molecule has 2 heterocycles. The van der Waals surface area contributed by atoms with Crippen molar-refractivity contribution in [2.45, 2.75) is 13.0 Å². The first kappa shape index (κ1) is 22.1. The molecule has 0 radical (unpaired) electrons. The fourth-order valence-corrected chi connectivity index (χ4v) is 3.71. The van der Waals surface area contributed by atoms with Crippen LogP contribution in [0, 0.1) is 5.82 Å². The third kappa shape index (κ3) is 4.32. The number of nitrogens with one attached hydrogen (secondary N) is 2. The fourth-order valence-electron chi connectivity index (χ4n) is 3.71. The van der Waals surface area contributed by atoms with Crippen molar-refractivity contribution < 1.29 is 33.0 Å². The second-order valence-electron chi connectivity index (χ2n) is 7.52. The summed E-state index contributed by atoms with van der Waals surface area (Å²) >= 11 is 0. The Morgan fingerprint density at radius 2 is 1.97 bits per heavy atom. The van der Waals surface area contributed by atoms with Gasteiger partial charge < -0.3 is 24.8 Å². The number of cyclic esters (lactones) is 1. The van der Waals surface area contributed by atoms with Crippen LogP contribution in [0.5, 0.6) is 11.5 Å². The molecule has 0 aromatic heterocycles. The fraction of sp³-hybridized carbons (Fsp3) is 0.261. The van der Waals surface area contributed by atoms with E-state index in [1.165, 1.54) is 44.3 Å². The summed E-state index contributed by atoms with van der Waals surface area (Å²) in [5.41, 5.74) is 1.85. The summed E-state index contributed by atoms with van der Waals surface area (Å²) in [5, 5.41) is 5.32. The Bertz CT molecular complexity index is 1180. The number of benzene rings is 2. The minimum atomic E-state index is -0.624. The van der Waals surface area contributed by atoms with Crippen LogP contribution < -0.4 is 25.0 Å². The third-order valence-electron chi connectivity index (χ3n) is 5.36. The van der Waals surface area contributed by atoms with Crippen molar-refractivity contribution in [1.82, 2.24) is 5.32 Å². The molecule has 1 atom stereocenters. The molecule has 0 spiro atoms. The maximum absolute atomic E-state index is 14.9. The Hall–Kier alpha value is -4.08. The quantitative estimate of drug-likeness (QED) is 0.649. The topological polar surface area (TPSA) is 106 Å². The number of fused-ring (bicyclic) bond motifs is 1. The Kier molecular flexibility index (Phi) is 5.91. The van der Waals surface area contributed by atoms with E-state index in [0.717, 1.165) is 0 Å². The smallest absolute Gasteiger partial charge is 0.414 e. The summed E-state index contributed by atoms with van der Waals surface area (Å²) < 4.78 is 30.7. The molecule has 0 aliphatic carbocycles. The van der Waals surface area contributed by atoms with E-state index in [0.29, 0.717) is 28.4 Å². The maximum Gasteiger partial charge on any atom is 0.414 e. The summed E-state index contributed by atoms with van der Waals surface area (Å²) in [5.74, 6) is -0.326. The summed E-state index contributed by atoms with van der Waals surface area (Å²) in [7, 11) is 2.98. The van der Waals surface area contributed by atoms with Gasteiger partial charge >= 0.3 is 6.09 Å². The predicted molar refractivity (Wildman–Crippen MR) is 119 cm³/mol. The molecule has 2 aromatic rings. The molecule has 172 valence electrons. The van der Waals surface area contributed by atoms with Gasteiger partial charge in [-0.15, -0.1) is 0 Å². The van der Waals surface area contributed by atoms with E-state index in [1.807, 2.05) is 0 Å². The Balaban J connectivity index is 1.59. The second-order valence-corrected chi connectivity index (χ2v) is 7.52. The highest BCUT2D eigenvalue weighted by Gasteiger charge is 2.33. The molecular weight excluding hydrogens is 433 g/mol. The Labute approximate surface area is 189 Å². The summed E-state index contributed by atoms with van der Waals surface area (Å²) in [6.45, 7) is 1.72. The van der Waals surface area contributed by atoms with Gasteiger partial charge in [-0.3, -0.25) is 14.5 Å². The Morgan fingerprint density at radius 3 is 2.64 bits per heavy atom. The highest BCUT2D eigenvalue weighted by atomic mass is 19.1. The van der Waals surface area contributed by atoms with Gasteiger partial charge in [0.05, 0.1) is 38.7 Å². The van der Waals surface area contributed by atoms with Crippen LogP contribution in [0.1, 0.15) is 18.1 Å². The van der Waals surface area contributed by atoms with Crippen molar-refractivity contribution in [3.8, 4) is 11.5 Å². The minimum absolute atomic E-state index is 0.174. The highest BCUT2D eigenvalue weighted by molar-refractivity contribution is 6.35. The molecule has 1 unspecified atom stereocenters. The van der Waals surface area contributed by atoms with Gasteiger partial charge in [0.2, 0.25) is 5.91 Å². The summed E-state index contributed by atoms with van der Waals surface area (Å²) in [4.78, 5) is 37.1.